The molecule has 6 heteroatoms. The van der Waals surface area contributed by atoms with Crippen LogP contribution in [0, 0.1) is 12.8 Å². The molecule has 0 aromatic carbocycles. The Bertz CT molecular complexity index is 575. The van der Waals surface area contributed by atoms with Crippen molar-refractivity contribution in [3.8, 4) is 0 Å². The van der Waals surface area contributed by atoms with Gasteiger partial charge in [0.1, 0.15) is 5.00 Å². The van der Waals surface area contributed by atoms with Crippen LogP contribution in [0.3, 0.4) is 0 Å². The van der Waals surface area contributed by atoms with Gasteiger partial charge in [-0.15, -0.1) is 11.3 Å². The van der Waals surface area contributed by atoms with Gasteiger partial charge < -0.3 is 10.1 Å². The molecule has 0 spiro atoms. The number of carbonyl (C=O) groups is 2. The smallest absolute Gasteiger partial charge is 0.341 e. The summed E-state index contributed by atoms with van der Waals surface area (Å²) in [4.78, 5) is 27.6. The Morgan fingerprint density at radius 1 is 1.35 bits per heavy atom. The highest BCUT2D eigenvalue weighted by atomic mass is 32.1. The van der Waals surface area contributed by atoms with Gasteiger partial charge in [0.05, 0.1) is 19.2 Å². The number of ether oxygens (including phenoxy) is 1. The van der Waals surface area contributed by atoms with Crippen LogP contribution in [0.25, 0.3) is 0 Å². The lowest BCUT2D eigenvalue weighted by atomic mass is 9.99. The molecule has 1 aliphatic rings. The first-order valence-electron chi connectivity index (χ1n) is 8.19. The third-order valence-corrected chi connectivity index (χ3v) is 5.51. The number of nitrogens with zero attached hydrogens (tertiary/aromatic N) is 1. The van der Waals surface area contributed by atoms with E-state index < -0.39 is 0 Å². The SMILES string of the molecule is CCc1c(C)sc(NC(=O)CN2CCC(C)CC2)c1C(=O)OC. The van der Waals surface area contributed by atoms with Crippen LogP contribution in [-0.4, -0.2) is 43.5 Å². The fourth-order valence-electron chi connectivity index (χ4n) is 3.00. The summed E-state index contributed by atoms with van der Waals surface area (Å²) in [7, 11) is 1.37. The first-order valence-corrected chi connectivity index (χ1v) is 9.00. The van der Waals surface area contributed by atoms with Crippen LogP contribution in [0.4, 0.5) is 5.00 Å². The minimum atomic E-state index is -0.381. The average molecular weight is 338 g/mol. The lowest BCUT2D eigenvalue weighted by molar-refractivity contribution is -0.117. The minimum Gasteiger partial charge on any atom is -0.465 e. The zero-order chi connectivity index (χ0) is 17.0. The first-order chi connectivity index (χ1) is 11.0. The van der Waals surface area contributed by atoms with Crippen molar-refractivity contribution in [2.24, 2.45) is 5.92 Å². The monoisotopic (exact) mass is 338 g/mol. The van der Waals surface area contributed by atoms with E-state index in [0.717, 1.165) is 48.7 Å². The number of piperidine rings is 1. The van der Waals surface area contributed by atoms with E-state index in [-0.39, 0.29) is 11.9 Å². The molecule has 23 heavy (non-hydrogen) atoms. The summed E-state index contributed by atoms with van der Waals surface area (Å²) in [5, 5.41) is 3.53. The summed E-state index contributed by atoms with van der Waals surface area (Å²) in [5.41, 5.74) is 1.47. The van der Waals surface area contributed by atoms with Gasteiger partial charge in [-0.3, -0.25) is 9.69 Å². The highest BCUT2D eigenvalue weighted by molar-refractivity contribution is 7.16. The van der Waals surface area contributed by atoms with Crippen LogP contribution in [0.1, 0.15) is 47.5 Å². The van der Waals surface area contributed by atoms with Crippen LogP contribution in [0.15, 0.2) is 0 Å². The Morgan fingerprint density at radius 2 is 2.00 bits per heavy atom. The Morgan fingerprint density at radius 3 is 2.57 bits per heavy atom. The zero-order valence-corrected chi connectivity index (χ0v) is 15.2. The number of methoxy groups -OCH3 is 1. The van der Waals surface area contributed by atoms with Crippen molar-refractivity contribution in [3.05, 3.63) is 16.0 Å². The van der Waals surface area contributed by atoms with Crippen molar-refractivity contribution in [2.75, 3.05) is 32.1 Å². The van der Waals surface area contributed by atoms with E-state index >= 15 is 0 Å². The van der Waals surface area contributed by atoms with E-state index in [1.54, 1.807) is 0 Å². The van der Waals surface area contributed by atoms with Crippen LogP contribution in [0.2, 0.25) is 0 Å². The lowest BCUT2D eigenvalue weighted by Crippen LogP contribution is -2.38. The third-order valence-electron chi connectivity index (χ3n) is 4.45. The van der Waals surface area contributed by atoms with Crippen molar-refractivity contribution in [2.45, 2.75) is 40.0 Å². The van der Waals surface area contributed by atoms with Gasteiger partial charge in [-0.05, 0) is 50.8 Å². The molecule has 1 fully saturated rings. The Kier molecular flexibility index (Phi) is 6.18. The second kappa shape index (κ2) is 7.93. The van der Waals surface area contributed by atoms with E-state index in [9.17, 15) is 9.59 Å². The third kappa shape index (κ3) is 4.32. The van der Waals surface area contributed by atoms with Crippen molar-refractivity contribution in [1.29, 1.82) is 0 Å². The molecular weight excluding hydrogens is 312 g/mol. The van der Waals surface area contributed by atoms with E-state index in [2.05, 4.69) is 17.1 Å². The van der Waals surface area contributed by atoms with Gasteiger partial charge in [0.25, 0.3) is 0 Å². The number of hydrogen-bond acceptors (Lipinski definition) is 5. The molecule has 1 aromatic heterocycles. The quantitative estimate of drug-likeness (QED) is 0.838. The Balaban J connectivity index is 2.07. The molecule has 0 radical (unpaired) electrons. The van der Waals surface area contributed by atoms with E-state index in [1.807, 2.05) is 13.8 Å². The van der Waals surface area contributed by atoms with Gasteiger partial charge in [-0.25, -0.2) is 4.79 Å². The molecule has 0 bridgehead atoms. The van der Waals surface area contributed by atoms with Gasteiger partial charge >= 0.3 is 5.97 Å². The van der Waals surface area contributed by atoms with Crippen LogP contribution < -0.4 is 5.32 Å². The summed E-state index contributed by atoms with van der Waals surface area (Å²) < 4.78 is 4.88. The van der Waals surface area contributed by atoms with E-state index in [1.165, 1.54) is 18.4 Å². The van der Waals surface area contributed by atoms with Crippen molar-refractivity contribution >= 4 is 28.2 Å². The molecule has 2 heterocycles. The number of rotatable bonds is 5. The maximum absolute atomic E-state index is 12.3. The Labute approximate surface area is 142 Å². The first kappa shape index (κ1) is 17.9. The summed E-state index contributed by atoms with van der Waals surface area (Å²) in [6.07, 6.45) is 3.02. The van der Waals surface area contributed by atoms with Crippen molar-refractivity contribution < 1.29 is 14.3 Å². The fraction of sp³-hybridized carbons (Fsp3) is 0.647. The highest BCUT2D eigenvalue weighted by Crippen LogP contribution is 2.34. The Hall–Kier alpha value is -1.40. The summed E-state index contributed by atoms with van der Waals surface area (Å²) in [6, 6.07) is 0. The molecule has 1 aliphatic heterocycles. The van der Waals surface area contributed by atoms with Crippen molar-refractivity contribution in [1.82, 2.24) is 4.90 Å². The number of anilines is 1. The molecule has 5 nitrogen and oxygen atoms in total. The van der Waals surface area contributed by atoms with Crippen molar-refractivity contribution in [3.63, 3.8) is 0 Å². The normalized spacial score (nSPS) is 16.3. The van der Waals surface area contributed by atoms with Gasteiger partial charge in [0, 0.05) is 4.88 Å². The lowest BCUT2D eigenvalue weighted by Gasteiger charge is -2.29. The molecule has 0 unspecified atom stereocenters. The topological polar surface area (TPSA) is 58.6 Å². The molecule has 0 atom stereocenters. The van der Waals surface area contributed by atoms with Crippen LogP contribution in [-0.2, 0) is 16.0 Å². The average Bonchev–Trinajstić information content (AvgIpc) is 2.83. The second-order valence-corrected chi connectivity index (χ2v) is 7.42. The fourth-order valence-corrected chi connectivity index (χ4v) is 4.15. The highest BCUT2D eigenvalue weighted by Gasteiger charge is 2.24. The molecule has 1 N–H and O–H groups in total. The molecule has 1 aromatic rings. The van der Waals surface area contributed by atoms with Gasteiger partial charge in [-0.2, -0.15) is 0 Å². The molecule has 0 aliphatic carbocycles. The number of hydrogen-bond donors (Lipinski definition) is 1. The number of nitrogens with one attached hydrogen (secondary N) is 1. The summed E-state index contributed by atoms with van der Waals surface area (Å²) in [6.45, 7) is 8.52. The number of likely N-dealkylation sites (tertiary alicyclic amines) is 1. The zero-order valence-electron chi connectivity index (χ0n) is 14.4. The van der Waals surface area contributed by atoms with Crippen LogP contribution in [0.5, 0.6) is 0 Å². The molecule has 0 saturated carbocycles. The number of aryl methyl sites for hydroxylation is 1. The number of thiophene rings is 1. The molecule has 2 rings (SSSR count). The van der Waals surface area contributed by atoms with Gasteiger partial charge in [0.15, 0.2) is 0 Å². The van der Waals surface area contributed by atoms with E-state index in [0.29, 0.717) is 17.1 Å². The molecule has 1 amide bonds. The standard InChI is InChI=1S/C17H26N2O3S/c1-5-13-12(3)23-16(15(13)17(21)22-4)18-14(20)10-19-8-6-11(2)7-9-19/h11H,5-10H2,1-4H3,(H,18,20). The number of esters is 1. The summed E-state index contributed by atoms with van der Waals surface area (Å²) >= 11 is 1.45. The van der Waals surface area contributed by atoms with E-state index in [4.69, 9.17) is 4.74 Å². The predicted molar refractivity (Wildman–Crippen MR) is 93.2 cm³/mol. The second-order valence-electron chi connectivity index (χ2n) is 6.19. The molecule has 1 saturated heterocycles. The number of carbonyl (C=O) groups excluding carboxylic acids is 2. The van der Waals surface area contributed by atoms with Gasteiger partial charge in [0.2, 0.25) is 5.91 Å². The van der Waals surface area contributed by atoms with Crippen LogP contribution >= 0.6 is 11.3 Å². The summed E-state index contributed by atoms with van der Waals surface area (Å²) in [5.74, 6) is 0.300. The predicted octanol–water partition coefficient (Wildman–Crippen LogP) is 3.08. The maximum atomic E-state index is 12.3. The molecule has 128 valence electrons. The molecular formula is C17H26N2O3S. The van der Waals surface area contributed by atoms with Gasteiger partial charge in [-0.1, -0.05) is 13.8 Å². The minimum absolute atomic E-state index is 0.0615. The maximum Gasteiger partial charge on any atom is 0.341 e. The number of amides is 1. The largest absolute Gasteiger partial charge is 0.465 e.